The lowest BCUT2D eigenvalue weighted by atomic mass is 9.94. The van der Waals surface area contributed by atoms with Crippen LogP contribution in [0.5, 0.6) is 0 Å². The molecule has 0 amide bonds. The fraction of sp³-hybridized carbons (Fsp3) is 1.00. The molecule has 0 aromatic rings. The zero-order chi connectivity index (χ0) is 25.1. The van der Waals surface area contributed by atoms with Crippen molar-refractivity contribution in [3.8, 4) is 0 Å². The second kappa shape index (κ2) is 12.6. The third-order valence-electron chi connectivity index (χ3n) is 8.88. The fourth-order valence-electron chi connectivity index (χ4n) is 7.04. The van der Waals surface area contributed by atoms with Gasteiger partial charge >= 0.3 is 0 Å². The van der Waals surface area contributed by atoms with Crippen LogP contribution >= 0.6 is 0 Å². The average molecular weight is 494 g/mol. The largest absolute Gasteiger partial charge is 0.378 e. The Morgan fingerprint density at radius 3 is 1.37 bits per heavy atom. The van der Waals surface area contributed by atoms with Crippen LogP contribution in [0.4, 0.5) is 0 Å². The molecule has 0 N–H and O–H groups in total. The highest BCUT2D eigenvalue weighted by molar-refractivity contribution is 4.97. The summed E-state index contributed by atoms with van der Waals surface area (Å²) >= 11 is 0. The Balaban J connectivity index is 0.000000184. The number of morpholine rings is 1. The van der Waals surface area contributed by atoms with E-state index in [9.17, 15) is 0 Å². The molecule has 0 aromatic carbocycles. The van der Waals surface area contributed by atoms with Crippen molar-refractivity contribution in [3.63, 3.8) is 0 Å². The Morgan fingerprint density at radius 1 is 0.571 bits per heavy atom. The second-order valence-corrected chi connectivity index (χ2v) is 14.8. The molecule has 1 saturated carbocycles. The third-order valence-corrected chi connectivity index (χ3v) is 8.88. The smallest absolute Gasteiger partial charge is 0.0622 e. The maximum Gasteiger partial charge on any atom is 0.0622 e. The molecule has 0 radical (unpaired) electrons. The second-order valence-electron chi connectivity index (χ2n) is 14.8. The van der Waals surface area contributed by atoms with Gasteiger partial charge in [-0.2, -0.15) is 0 Å². The van der Waals surface area contributed by atoms with Gasteiger partial charge in [-0.15, -0.1) is 0 Å². The fourth-order valence-corrected chi connectivity index (χ4v) is 7.04. The predicted molar refractivity (Wildman–Crippen MR) is 153 cm³/mol. The monoisotopic (exact) mass is 493 g/mol. The van der Waals surface area contributed by atoms with Crippen LogP contribution in [0, 0.1) is 11.8 Å². The summed E-state index contributed by atoms with van der Waals surface area (Å²) < 4.78 is 5.54. The Kier molecular flexibility index (Phi) is 11.2. The molecule has 4 aliphatic heterocycles. The van der Waals surface area contributed by atoms with E-state index in [1.54, 1.807) is 0 Å². The van der Waals surface area contributed by atoms with E-state index in [-0.39, 0.29) is 7.43 Å². The molecule has 4 saturated heterocycles. The predicted octanol–water partition coefficient (Wildman–Crippen LogP) is 7.07. The minimum absolute atomic E-state index is 0. The number of ether oxygens (including phenoxy) is 1. The zero-order valence-corrected chi connectivity index (χ0v) is 24.5. The first-order valence-electron chi connectivity index (χ1n) is 14.6. The first-order valence-corrected chi connectivity index (χ1v) is 14.6. The lowest BCUT2D eigenvalue weighted by molar-refractivity contribution is -0.0565. The molecule has 4 nitrogen and oxygen atoms in total. The first kappa shape index (κ1) is 31.1. The van der Waals surface area contributed by atoms with Crippen LogP contribution in [0.1, 0.15) is 121 Å². The van der Waals surface area contributed by atoms with E-state index < -0.39 is 0 Å². The Morgan fingerprint density at radius 2 is 1.03 bits per heavy atom. The summed E-state index contributed by atoms with van der Waals surface area (Å²) in [6, 6.07) is 1.40. The number of rotatable bonds is 0. The van der Waals surface area contributed by atoms with Gasteiger partial charge in [0, 0.05) is 41.8 Å². The summed E-state index contributed by atoms with van der Waals surface area (Å²) in [6.07, 6.45) is 11.4. The Bertz CT molecular complexity index is 580. The van der Waals surface area contributed by atoms with Crippen molar-refractivity contribution in [2.45, 2.75) is 150 Å². The van der Waals surface area contributed by atoms with Gasteiger partial charge in [-0.05, 0) is 132 Å². The van der Waals surface area contributed by atoms with Crippen molar-refractivity contribution >= 4 is 0 Å². The highest BCUT2D eigenvalue weighted by Crippen LogP contribution is 2.38. The van der Waals surface area contributed by atoms with Gasteiger partial charge in [0.2, 0.25) is 0 Å². The van der Waals surface area contributed by atoms with E-state index in [0.717, 1.165) is 25.0 Å². The average Bonchev–Trinajstić information content (AvgIpc) is 3.23. The molecule has 4 atom stereocenters. The topological polar surface area (TPSA) is 19.0 Å². The van der Waals surface area contributed by atoms with Crippen LogP contribution in [-0.2, 0) is 4.74 Å². The summed E-state index contributed by atoms with van der Waals surface area (Å²) in [4.78, 5) is 7.91. The first-order chi connectivity index (χ1) is 15.7. The van der Waals surface area contributed by atoms with E-state index in [2.05, 4.69) is 77.0 Å². The molecular formula is C31H63N3O. The Hall–Kier alpha value is -0.160. The molecule has 5 fully saturated rings. The SMILES string of the molecule is C.CC(C)(C)N1C2CCC1COC2.CC(C)(C)N1CC2CCC(C2)C1.CC(C)(C)N1CCCCC1. The normalized spacial score (nSPS) is 32.1. The molecule has 4 unspecified atom stereocenters. The van der Waals surface area contributed by atoms with Crippen molar-refractivity contribution in [1.29, 1.82) is 0 Å². The van der Waals surface area contributed by atoms with E-state index in [1.165, 1.54) is 77.5 Å². The number of likely N-dealkylation sites (tertiary alicyclic amines) is 2. The van der Waals surface area contributed by atoms with Crippen LogP contribution in [0.25, 0.3) is 0 Å². The van der Waals surface area contributed by atoms with Crippen molar-refractivity contribution in [2.75, 3.05) is 39.4 Å². The van der Waals surface area contributed by atoms with Crippen molar-refractivity contribution in [1.82, 2.24) is 14.7 Å². The summed E-state index contributed by atoms with van der Waals surface area (Å²) in [7, 11) is 0. The number of nitrogens with zero attached hydrogens (tertiary/aromatic N) is 3. The van der Waals surface area contributed by atoms with E-state index in [1.807, 2.05) is 0 Å². The molecule has 4 heteroatoms. The van der Waals surface area contributed by atoms with Gasteiger partial charge in [0.15, 0.2) is 0 Å². The molecule has 208 valence electrons. The standard InChI is InChI=1S/C11H21N.C10H19NO.C9H19N.CH4/c1-11(2,3)12-7-9-4-5-10(6-9)8-12;1-10(2,3)11-8-4-5-9(11)7-12-6-8;1-9(2,3)10-7-5-4-6-8-10;/h9-10H,4-8H2,1-3H3;8-9H,4-7H2,1-3H3;4-8H2,1-3H3;1H4. The quantitative estimate of drug-likeness (QED) is 0.359. The van der Waals surface area contributed by atoms with Crippen molar-refractivity contribution in [2.24, 2.45) is 11.8 Å². The minimum atomic E-state index is 0. The van der Waals surface area contributed by atoms with Crippen LogP contribution in [0.3, 0.4) is 0 Å². The van der Waals surface area contributed by atoms with Gasteiger partial charge in [-0.25, -0.2) is 0 Å². The lowest BCUT2D eigenvalue weighted by Crippen LogP contribution is -2.54. The van der Waals surface area contributed by atoms with E-state index in [4.69, 9.17) is 4.74 Å². The minimum Gasteiger partial charge on any atom is -0.378 e. The van der Waals surface area contributed by atoms with Gasteiger partial charge in [0.05, 0.1) is 13.2 Å². The van der Waals surface area contributed by atoms with Gasteiger partial charge in [0.25, 0.3) is 0 Å². The summed E-state index contributed by atoms with van der Waals surface area (Å²) in [5.41, 5.74) is 1.14. The highest BCUT2D eigenvalue weighted by Gasteiger charge is 2.42. The number of piperidine rings is 2. The third kappa shape index (κ3) is 8.97. The van der Waals surface area contributed by atoms with Crippen molar-refractivity contribution < 1.29 is 4.74 Å². The van der Waals surface area contributed by atoms with Crippen LogP contribution in [-0.4, -0.2) is 82.8 Å². The van der Waals surface area contributed by atoms with Crippen LogP contribution in [0.15, 0.2) is 0 Å². The van der Waals surface area contributed by atoms with Gasteiger partial charge in [-0.1, -0.05) is 13.8 Å². The molecular weight excluding hydrogens is 430 g/mol. The molecule has 1 aliphatic carbocycles. The summed E-state index contributed by atoms with van der Waals surface area (Å²) in [5, 5.41) is 0. The summed E-state index contributed by atoms with van der Waals surface area (Å²) in [5.74, 6) is 2.06. The summed E-state index contributed by atoms with van der Waals surface area (Å²) in [6.45, 7) is 28.1. The van der Waals surface area contributed by atoms with Crippen LogP contribution in [0.2, 0.25) is 0 Å². The molecule has 4 bridgehead atoms. The molecule has 35 heavy (non-hydrogen) atoms. The van der Waals surface area contributed by atoms with E-state index in [0.29, 0.717) is 28.7 Å². The van der Waals surface area contributed by atoms with Crippen LogP contribution < -0.4 is 0 Å². The lowest BCUT2D eigenvalue weighted by Gasteiger charge is -2.44. The molecule has 0 spiro atoms. The molecule has 4 heterocycles. The van der Waals surface area contributed by atoms with E-state index >= 15 is 0 Å². The van der Waals surface area contributed by atoms with Gasteiger partial charge in [-0.3, -0.25) is 14.7 Å². The maximum absolute atomic E-state index is 5.54. The highest BCUT2D eigenvalue weighted by atomic mass is 16.5. The van der Waals surface area contributed by atoms with Gasteiger partial charge < -0.3 is 4.74 Å². The van der Waals surface area contributed by atoms with Gasteiger partial charge in [0.1, 0.15) is 0 Å². The number of hydrogen-bond donors (Lipinski definition) is 0. The molecule has 0 aromatic heterocycles. The maximum atomic E-state index is 5.54. The number of hydrogen-bond acceptors (Lipinski definition) is 4. The van der Waals surface area contributed by atoms with Crippen molar-refractivity contribution in [3.05, 3.63) is 0 Å². The number of fused-ring (bicyclic) bond motifs is 4. The Labute approximate surface area is 220 Å². The molecule has 5 aliphatic rings. The zero-order valence-electron chi connectivity index (χ0n) is 24.5. The molecule has 5 rings (SSSR count).